The molecule has 3 aromatic carbocycles. The third kappa shape index (κ3) is 4.65. The number of sulfonamides is 1. The lowest BCUT2D eigenvalue weighted by molar-refractivity contribution is -0.120. The third-order valence-electron chi connectivity index (χ3n) is 7.35. The normalized spacial score (nSPS) is 18.1. The van der Waals surface area contributed by atoms with E-state index in [4.69, 9.17) is 0 Å². The topological polar surface area (TPSA) is 57.7 Å². The van der Waals surface area contributed by atoms with E-state index in [1.54, 1.807) is 36.5 Å². The van der Waals surface area contributed by atoms with Crippen LogP contribution in [0.5, 0.6) is 0 Å². The summed E-state index contributed by atoms with van der Waals surface area (Å²) in [5.41, 5.74) is 3.16. The minimum absolute atomic E-state index is 0.0171. The van der Waals surface area contributed by atoms with Crippen LogP contribution in [0.25, 0.3) is 5.57 Å². The number of benzene rings is 3. The second-order valence-electron chi connectivity index (χ2n) is 9.54. The van der Waals surface area contributed by atoms with Crippen molar-refractivity contribution in [3.8, 4) is 0 Å². The molecule has 1 amide bonds. The van der Waals surface area contributed by atoms with E-state index in [0.717, 1.165) is 22.4 Å². The first-order chi connectivity index (χ1) is 17.9. The van der Waals surface area contributed by atoms with Gasteiger partial charge in [-0.1, -0.05) is 78.9 Å². The summed E-state index contributed by atoms with van der Waals surface area (Å²) in [7, 11) is -3.65. The number of anilines is 1. The van der Waals surface area contributed by atoms with Gasteiger partial charge in [0.25, 0.3) is 10.0 Å². The van der Waals surface area contributed by atoms with Crippen molar-refractivity contribution in [1.82, 2.24) is 4.31 Å². The number of carbonyl (C=O) groups is 1. The summed E-state index contributed by atoms with van der Waals surface area (Å²) < 4.78 is 27.8. The summed E-state index contributed by atoms with van der Waals surface area (Å²) in [6.45, 7) is 8.64. The first-order valence-electron chi connectivity index (χ1n) is 12.4. The fourth-order valence-corrected chi connectivity index (χ4v) is 6.39. The molecule has 2 aliphatic rings. The quantitative estimate of drug-likeness (QED) is 0.330. The van der Waals surface area contributed by atoms with Crippen LogP contribution in [-0.2, 0) is 21.4 Å². The molecule has 1 aliphatic carbocycles. The zero-order valence-electron chi connectivity index (χ0n) is 20.7. The largest absolute Gasteiger partial charge is 0.307 e. The van der Waals surface area contributed by atoms with E-state index in [1.165, 1.54) is 4.31 Å². The van der Waals surface area contributed by atoms with Gasteiger partial charge in [0.05, 0.1) is 23.0 Å². The molecule has 5 nitrogen and oxygen atoms in total. The van der Waals surface area contributed by atoms with Crippen molar-refractivity contribution < 1.29 is 13.2 Å². The summed E-state index contributed by atoms with van der Waals surface area (Å²) in [4.78, 5) is 16.0. The summed E-state index contributed by atoms with van der Waals surface area (Å²) in [5.74, 6) is -0.199. The van der Waals surface area contributed by atoms with Gasteiger partial charge in [-0.05, 0) is 42.2 Å². The molecular weight excluding hydrogens is 480 g/mol. The highest BCUT2D eigenvalue weighted by Crippen LogP contribution is 2.56. The van der Waals surface area contributed by atoms with Gasteiger partial charge in [0.15, 0.2) is 0 Å². The number of amides is 1. The smallest absolute Gasteiger partial charge is 0.263 e. The number of allylic oxidation sites excluding steroid dienone is 2. The SMILES string of the molecule is C=CC1(C=C)CC1C(=O)N(Cc1ccccc1)c1ccccc1C1=CN(S(=O)(=O)c2ccccc2)CC1. The van der Waals surface area contributed by atoms with Gasteiger partial charge in [0.1, 0.15) is 0 Å². The van der Waals surface area contributed by atoms with Crippen LogP contribution in [0.3, 0.4) is 0 Å². The standard InChI is InChI=1S/C31H30N2O3S/c1-3-31(4-2)21-28(31)30(34)33(22-24-13-7-5-8-14-24)29-18-12-11-17-27(29)25-19-20-32(23-25)37(35,36)26-15-9-6-10-16-26/h3-18,23,28H,1-2,19-22H2. The van der Waals surface area contributed by atoms with Crippen molar-refractivity contribution in [3.05, 3.63) is 128 Å². The van der Waals surface area contributed by atoms with Gasteiger partial charge in [-0.15, -0.1) is 13.2 Å². The molecular formula is C31H30N2O3S. The van der Waals surface area contributed by atoms with Crippen LogP contribution in [0, 0.1) is 11.3 Å². The summed E-state index contributed by atoms with van der Waals surface area (Å²) in [6, 6.07) is 26.1. The van der Waals surface area contributed by atoms with Gasteiger partial charge < -0.3 is 4.90 Å². The van der Waals surface area contributed by atoms with Gasteiger partial charge >= 0.3 is 0 Å². The molecule has 1 heterocycles. The van der Waals surface area contributed by atoms with Crippen molar-refractivity contribution in [1.29, 1.82) is 0 Å². The molecule has 5 rings (SSSR count). The lowest BCUT2D eigenvalue weighted by Gasteiger charge is -2.27. The van der Waals surface area contributed by atoms with E-state index in [1.807, 2.05) is 71.6 Å². The van der Waals surface area contributed by atoms with Gasteiger partial charge in [0.2, 0.25) is 5.91 Å². The first-order valence-corrected chi connectivity index (χ1v) is 13.8. The first kappa shape index (κ1) is 24.8. The Morgan fingerprint density at radius 1 is 0.946 bits per heavy atom. The lowest BCUT2D eigenvalue weighted by Crippen LogP contribution is -2.33. The second-order valence-corrected chi connectivity index (χ2v) is 11.4. The highest BCUT2D eigenvalue weighted by molar-refractivity contribution is 7.89. The van der Waals surface area contributed by atoms with Crippen LogP contribution in [0.15, 0.2) is 121 Å². The predicted octanol–water partition coefficient (Wildman–Crippen LogP) is 6.03. The van der Waals surface area contributed by atoms with Crippen molar-refractivity contribution in [2.75, 3.05) is 11.4 Å². The molecule has 1 saturated carbocycles. The molecule has 0 aromatic heterocycles. The molecule has 1 unspecified atom stereocenters. The van der Waals surface area contributed by atoms with Crippen LogP contribution in [-0.4, -0.2) is 25.2 Å². The molecule has 3 aromatic rings. The van der Waals surface area contributed by atoms with Crippen LogP contribution in [0.2, 0.25) is 0 Å². The monoisotopic (exact) mass is 510 g/mol. The molecule has 1 aliphatic heterocycles. The molecule has 37 heavy (non-hydrogen) atoms. The second kappa shape index (κ2) is 9.87. The van der Waals surface area contributed by atoms with Crippen LogP contribution >= 0.6 is 0 Å². The van der Waals surface area contributed by atoms with Crippen molar-refractivity contribution >= 4 is 27.2 Å². The van der Waals surface area contributed by atoms with Gasteiger partial charge in [-0.3, -0.25) is 9.10 Å². The van der Waals surface area contributed by atoms with E-state index in [0.29, 0.717) is 25.9 Å². The van der Waals surface area contributed by atoms with Gasteiger partial charge in [-0.25, -0.2) is 8.42 Å². The van der Waals surface area contributed by atoms with E-state index in [-0.39, 0.29) is 22.1 Å². The fraction of sp³-hybridized carbons (Fsp3) is 0.194. The van der Waals surface area contributed by atoms with Crippen molar-refractivity contribution in [2.45, 2.75) is 24.3 Å². The summed E-state index contributed by atoms with van der Waals surface area (Å²) in [5, 5.41) is 0. The number of para-hydroxylation sites is 1. The van der Waals surface area contributed by atoms with E-state index in [2.05, 4.69) is 13.2 Å². The Kier molecular flexibility index (Phi) is 6.61. The molecule has 1 atom stereocenters. The minimum Gasteiger partial charge on any atom is -0.307 e. The fourth-order valence-electron chi connectivity index (χ4n) is 5.02. The maximum absolute atomic E-state index is 13.9. The van der Waals surface area contributed by atoms with E-state index in [9.17, 15) is 13.2 Å². The number of carbonyl (C=O) groups excluding carboxylic acids is 1. The molecule has 0 bridgehead atoms. The summed E-state index contributed by atoms with van der Waals surface area (Å²) in [6.07, 6.45) is 6.60. The lowest BCUT2D eigenvalue weighted by atomic mass is 10.00. The number of rotatable bonds is 9. The van der Waals surface area contributed by atoms with Crippen LogP contribution < -0.4 is 4.90 Å². The molecule has 1 fully saturated rings. The van der Waals surface area contributed by atoms with Crippen molar-refractivity contribution in [2.24, 2.45) is 11.3 Å². The predicted molar refractivity (Wildman–Crippen MR) is 148 cm³/mol. The number of hydrogen-bond acceptors (Lipinski definition) is 3. The average molecular weight is 511 g/mol. The average Bonchev–Trinajstić information content (AvgIpc) is 3.47. The van der Waals surface area contributed by atoms with Gasteiger partial charge in [0, 0.05) is 23.7 Å². The molecule has 188 valence electrons. The third-order valence-corrected chi connectivity index (χ3v) is 9.12. The summed E-state index contributed by atoms with van der Waals surface area (Å²) >= 11 is 0. The Bertz CT molecular complexity index is 1450. The van der Waals surface area contributed by atoms with Gasteiger partial charge in [-0.2, -0.15) is 0 Å². The number of hydrogen-bond donors (Lipinski definition) is 0. The highest BCUT2D eigenvalue weighted by atomic mass is 32.2. The molecule has 0 radical (unpaired) electrons. The molecule has 0 saturated heterocycles. The van der Waals surface area contributed by atoms with E-state index >= 15 is 0 Å². The Balaban J connectivity index is 1.52. The zero-order chi connectivity index (χ0) is 26.0. The van der Waals surface area contributed by atoms with Crippen LogP contribution in [0.1, 0.15) is 24.0 Å². The maximum atomic E-state index is 13.9. The van der Waals surface area contributed by atoms with E-state index < -0.39 is 10.0 Å². The van der Waals surface area contributed by atoms with Crippen LogP contribution in [0.4, 0.5) is 5.69 Å². The Morgan fingerprint density at radius 3 is 2.22 bits per heavy atom. The molecule has 6 heteroatoms. The Hall–Kier alpha value is -3.90. The molecule has 0 spiro atoms. The highest BCUT2D eigenvalue weighted by Gasteiger charge is 2.55. The maximum Gasteiger partial charge on any atom is 0.263 e. The minimum atomic E-state index is -3.65. The number of nitrogens with zero attached hydrogens (tertiary/aromatic N) is 2. The van der Waals surface area contributed by atoms with Crippen molar-refractivity contribution in [3.63, 3.8) is 0 Å². The Labute approximate surface area is 219 Å². The Morgan fingerprint density at radius 2 is 1.57 bits per heavy atom. The zero-order valence-corrected chi connectivity index (χ0v) is 21.5. The molecule has 0 N–H and O–H groups in total.